The lowest BCUT2D eigenvalue weighted by Gasteiger charge is -2.34. The van der Waals surface area contributed by atoms with Crippen LogP contribution in [0, 0.1) is 0 Å². The van der Waals surface area contributed by atoms with E-state index in [0.717, 1.165) is 79.6 Å². The molecule has 326 valence electrons. The number of hydrogen-bond acceptors (Lipinski definition) is 6. The second-order valence-electron chi connectivity index (χ2n) is 16.6. The predicted octanol–water partition coefficient (Wildman–Crippen LogP) is 14.6. The van der Waals surface area contributed by atoms with Crippen LogP contribution in [0.2, 0.25) is 0 Å². The lowest BCUT2D eigenvalue weighted by molar-refractivity contribution is 0.0857. The van der Waals surface area contributed by atoms with Crippen LogP contribution in [0.3, 0.4) is 0 Å². The molecular weight excluding hydrogens is 855 g/mol. The Labute approximate surface area is 386 Å². The normalized spacial score (nSPS) is 17.6. The molecule has 0 radical (unpaired) electrons. The molecule has 10 rings (SSSR count). The Morgan fingerprint density at radius 3 is 1.33 bits per heavy atom. The Hall–Kier alpha value is -6.78. The highest BCUT2D eigenvalue weighted by Gasteiger charge is 2.46. The molecule has 4 unspecified atom stereocenters. The Bertz CT molecular complexity index is 3160. The second-order valence-corrected chi connectivity index (χ2v) is 21.3. The first-order valence-corrected chi connectivity index (χ1v) is 25.5. The molecular formula is C58H48O6P2. The first kappa shape index (κ1) is 43.1. The van der Waals surface area contributed by atoms with E-state index in [1.165, 1.54) is 0 Å². The van der Waals surface area contributed by atoms with Gasteiger partial charge in [-0.1, -0.05) is 182 Å². The van der Waals surface area contributed by atoms with Crippen molar-refractivity contribution < 1.29 is 27.7 Å². The maximum absolute atomic E-state index is 15.6. The molecule has 2 heterocycles. The van der Waals surface area contributed by atoms with Crippen molar-refractivity contribution in [2.75, 3.05) is 0 Å². The molecule has 8 heteroatoms. The van der Waals surface area contributed by atoms with Crippen LogP contribution < -0.4 is 19.7 Å². The third-order valence-corrected chi connectivity index (χ3v) is 17.4. The molecule has 0 saturated heterocycles. The van der Waals surface area contributed by atoms with Crippen LogP contribution in [-0.2, 0) is 44.7 Å². The fourth-order valence-corrected chi connectivity index (χ4v) is 14.1. The maximum atomic E-state index is 15.6. The van der Waals surface area contributed by atoms with Gasteiger partial charge in [-0.05, 0) is 92.7 Å². The lowest BCUT2D eigenvalue weighted by Crippen LogP contribution is -2.23. The number of rotatable bonds is 15. The fourth-order valence-electron chi connectivity index (χ4n) is 8.99. The highest BCUT2D eigenvalue weighted by atomic mass is 31.2. The summed E-state index contributed by atoms with van der Waals surface area (Å²) in [6.07, 6.45) is 5.27. The molecule has 0 aromatic heterocycles. The van der Waals surface area contributed by atoms with Gasteiger partial charge in [0.2, 0.25) is 0 Å². The van der Waals surface area contributed by atoms with Crippen molar-refractivity contribution in [3.05, 3.63) is 253 Å². The smallest absolute Gasteiger partial charge is 0.310 e. The van der Waals surface area contributed by atoms with E-state index in [-0.39, 0.29) is 13.2 Å². The highest BCUT2D eigenvalue weighted by molar-refractivity contribution is 7.68. The van der Waals surface area contributed by atoms with Gasteiger partial charge in [0.1, 0.15) is 11.5 Å². The molecule has 4 atom stereocenters. The van der Waals surface area contributed by atoms with E-state index >= 15 is 9.13 Å². The molecule has 6 nitrogen and oxygen atoms in total. The van der Waals surface area contributed by atoms with Crippen molar-refractivity contribution in [1.29, 1.82) is 0 Å². The van der Waals surface area contributed by atoms with Crippen molar-refractivity contribution in [2.45, 2.75) is 37.7 Å². The summed E-state index contributed by atoms with van der Waals surface area (Å²) in [6, 6.07) is 63.3. The topological polar surface area (TPSA) is 71.1 Å². The van der Waals surface area contributed by atoms with Crippen molar-refractivity contribution in [1.82, 2.24) is 0 Å². The van der Waals surface area contributed by atoms with E-state index in [1.54, 1.807) is 0 Å². The van der Waals surface area contributed by atoms with Crippen molar-refractivity contribution in [2.24, 2.45) is 0 Å². The standard InChI is InChI=1S/C58H48O6P2/c1-3-14-41-26-28-43(29-27-41)39-61-57(65(59)55-24-11-7-20-51(55)49-18-5-9-22-53(49)63-65)47-34-30-45(31-35-47)46-32-36-48(37-33-46)58(62-40-44-17-13-16-42(38-44)15-4-2)66(60)56-25-12-8-21-52(56)50-19-6-10-23-54(50)64-66/h3-13,16-38,57-58H,1-2,14-15,39-40H2. The quantitative estimate of drug-likeness (QED) is 0.0754. The van der Waals surface area contributed by atoms with E-state index in [4.69, 9.17) is 18.5 Å². The molecule has 0 spiro atoms. The highest BCUT2D eigenvalue weighted by Crippen LogP contribution is 2.65. The molecule has 66 heavy (non-hydrogen) atoms. The summed E-state index contributed by atoms with van der Waals surface area (Å²) in [5, 5.41) is 1.25. The van der Waals surface area contributed by atoms with Gasteiger partial charge in [-0.2, -0.15) is 0 Å². The van der Waals surface area contributed by atoms with Crippen LogP contribution in [0.1, 0.15) is 45.1 Å². The summed E-state index contributed by atoms with van der Waals surface area (Å²) in [7, 11) is -7.45. The molecule has 0 fully saturated rings. The fraction of sp³-hybridized carbons (Fsp3) is 0.103. The zero-order valence-corrected chi connectivity index (χ0v) is 38.2. The van der Waals surface area contributed by atoms with Crippen molar-refractivity contribution >= 4 is 25.3 Å². The Morgan fingerprint density at radius 1 is 0.424 bits per heavy atom. The number of hydrogen-bond donors (Lipinski definition) is 0. The molecule has 8 aromatic rings. The molecule has 0 aliphatic carbocycles. The molecule has 0 N–H and O–H groups in total. The van der Waals surface area contributed by atoms with Gasteiger partial charge in [-0.3, -0.25) is 9.13 Å². The predicted molar refractivity (Wildman–Crippen MR) is 267 cm³/mol. The average molecular weight is 903 g/mol. The summed E-state index contributed by atoms with van der Waals surface area (Å²) >= 11 is 0. The molecule has 8 aromatic carbocycles. The van der Waals surface area contributed by atoms with Gasteiger partial charge in [-0.25, -0.2) is 0 Å². The number of para-hydroxylation sites is 2. The first-order chi connectivity index (χ1) is 32.3. The maximum Gasteiger partial charge on any atom is 0.310 e. The zero-order valence-electron chi connectivity index (χ0n) is 36.4. The SMILES string of the molecule is C=CCc1ccc(COC(c2ccc(-c3ccc(C(OCc4cccc(CC=C)c4)P4(=O)Oc5ccccc5-c5ccccc54)cc3)cc2)P2(=O)Oc3ccccc3-c3ccccc32)cc1. The third-order valence-electron chi connectivity index (χ3n) is 12.2. The van der Waals surface area contributed by atoms with Gasteiger partial charge in [0.15, 0.2) is 11.7 Å². The molecule has 2 aliphatic heterocycles. The van der Waals surface area contributed by atoms with Crippen LogP contribution in [0.25, 0.3) is 33.4 Å². The molecule has 2 aliphatic rings. The van der Waals surface area contributed by atoms with Crippen LogP contribution in [-0.4, -0.2) is 0 Å². The minimum absolute atomic E-state index is 0.226. The minimum atomic E-state index is -3.73. The number of benzene rings is 8. The third kappa shape index (κ3) is 8.34. The number of ether oxygens (including phenoxy) is 2. The average Bonchev–Trinajstić information content (AvgIpc) is 3.35. The van der Waals surface area contributed by atoms with Gasteiger partial charge in [-0.15, -0.1) is 13.2 Å². The van der Waals surface area contributed by atoms with Gasteiger partial charge < -0.3 is 18.5 Å². The summed E-state index contributed by atoms with van der Waals surface area (Å²) in [5.74, 6) is -0.693. The van der Waals surface area contributed by atoms with E-state index in [9.17, 15) is 0 Å². The Balaban J connectivity index is 0.983. The molecule has 0 saturated carbocycles. The molecule has 0 bridgehead atoms. The summed E-state index contributed by atoms with van der Waals surface area (Å²) in [5.41, 5.74) is 11.1. The summed E-state index contributed by atoms with van der Waals surface area (Å²) < 4.78 is 57.9. The Kier molecular flexibility index (Phi) is 12.2. The lowest BCUT2D eigenvalue weighted by atomic mass is 10.0. The van der Waals surface area contributed by atoms with Gasteiger partial charge >= 0.3 is 14.7 Å². The Morgan fingerprint density at radius 2 is 0.833 bits per heavy atom. The second kappa shape index (κ2) is 18.6. The van der Waals surface area contributed by atoms with E-state index < -0.39 is 26.4 Å². The zero-order chi connectivity index (χ0) is 45.1. The van der Waals surface area contributed by atoms with E-state index in [2.05, 4.69) is 37.4 Å². The van der Waals surface area contributed by atoms with Crippen molar-refractivity contribution in [3.8, 4) is 44.9 Å². The first-order valence-electron chi connectivity index (χ1n) is 22.1. The van der Waals surface area contributed by atoms with Gasteiger partial charge in [0.25, 0.3) is 0 Å². The van der Waals surface area contributed by atoms with Gasteiger partial charge in [0.05, 0.1) is 23.8 Å². The monoisotopic (exact) mass is 902 g/mol. The van der Waals surface area contributed by atoms with Crippen LogP contribution in [0.4, 0.5) is 0 Å². The van der Waals surface area contributed by atoms with E-state index in [1.807, 2.05) is 182 Å². The molecule has 0 amide bonds. The number of allylic oxidation sites excluding steroid dienone is 2. The summed E-state index contributed by atoms with van der Waals surface area (Å²) in [4.78, 5) is 0. The van der Waals surface area contributed by atoms with E-state index in [0.29, 0.717) is 22.1 Å². The van der Waals surface area contributed by atoms with Crippen LogP contribution >= 0.6 is 14.7 Å². The van der Waals surface area contributed by atoms with Gasteiger partial charge in [0, 0.05) is 11.1 Å². The summed E-state index contributed by atoms with van der Waals surface area (Å²) in [6.45, 7) is 8.22. The van der Waals surface area contributed by atoms with Crippen LogP contribution in [0.5, 0.6) is 11.5 Å². The minimum Gasteiger partial charge on any atom is -0.437 e. The van der Waals surface area contributed by atoms with Crippen molar-refractivity contribution in [3.63, 3.8) is 0 Å². The largest absolute Gasteiger partial charge is 0.437 e. The van der Waals surface area contributed by atoms with Crippen LogP contribution in [0.15, 0.2) is 219 Å². The number of fused-ring (bicyclic) bond motifs is 6.